The number of amides is 1. The fourth-order valence-corrected chi connectivity index (χ4v) is 3.93. The molecule has 2 aliphatic rings. The van der Waals surface area contributed by atoms with Crippen LogP contribution >= 0.6 is 0 Å². The number of likely N-dealkylation sites (tertiary alicyclic amines) is 1. The molecule has 0 radical (unpaired) electrons. The minimum atomic E-state index is 0.148. The molecule has 2 aliphatic heterocycles. The third-order valence-corrected chi connectivity index (χ3v) is 5.54. The average molecular weight is 345 g/mol. The number of carbonyl (C=O) groups is 1. The van der Waals surface area contributed by atoms with Gasteiger partial charge in [-0.2, -0.15) is 0 Å². The molecule has 3 rings (SSSR count). The first kappa shape index (κ1) is 18.4. The van der Waals surface area contributed by atoms with E-state index in [2.05, 4.69) is 40.9 Å². The SMILES string of the molecule is CN1CCN(Cc2cccc(C(=O)N(C)C[C@@H]3CCN(C)C3)c2)CC1. The van der Waals surface area contributed by atoms with Crippen molar-refractivity contribution >= 4 is 5.91 Å². The van der Waals surface area contributed by atoms with E-state index in [9.17, 15) is 4.79 Å². The summed E-state index contributed by atoms with van der Waals surface area (Å²) in [7, 11) is 6.27. The Hall–Kier alpha value is -1.43. The molecule has 25 heavy (non-hydrogen) atoms. The molecule has 0 unspecified atom stereocenters. The number of likely N-dealkylation sites (N-methyl/N-ethyl adjacent to an activating group) is 1. The lowest BCUT2D eigenvalue weighted by atomic mass is 10.1. The standard InChI is InChI=1S/C20H32N4O/c1-21-9-11-24(12-10-21)16-17-5-4-6-19(13-17)20(25)23(3)15-18-7-8-22(2)14-18/h4-6,13,18H,7-12,14-16H2,1-3H3/t18-/m1/s1. The van der Waals surface area contributed by atoms with E-state index in [1.807, 2.05) is 24.1 Å². The average Bonchev–Trinajstić information content (AvgIpc) is 3.01. The lowest BCUT2D eigenvalue weighted by molar-refractivity contribution is 0.0773. The van der Waals surface area contributed by atoms with Crippen LogP contribution in [0.5, 0.6) is 0 Å². The van der Waals surface area contributed by atoms with Crippen LogP contribution in [0.2, 0.25) is 0 Å². The largest absolute Gasteiger partial charge is 0.341 e. The van der Waals surface area contributed by atoms with Gasteiger partial charge in [0.05, 0.1) is 0 Å². The Labute approximate surface area is 152 Å². The second-order valence-corrected chi connectivity index (χ2v) is 7.88. The highest BCUT2D eigenvalue weighted by Crippen LogP contribution is 2.17. The molecule has 1 aromatic rings. The molecule has 2 fully saturated rings. The summed E-state index contributed by atoms with van der Waals surface area (Å²) in [6.45, 7) is 8.48. The maximum absolute atomic E-state index is 12.8. The van der Waals surface area contributed by atoms with Gasteiger partial charge in [0.25, 0.3) is 5.91 Å². The van der Waals surface area contributed by atoms with Crippen LogP contribution in [0.25, 0.3) is 0 Å². The number of hydrogen-bond acceptors (Lipinski definition) is 4. The summed E-state index contributed by atoms with van der Waals surface area (Å²) < 4.78 is 0. The number of rotatable bonds is 5. The minimum Gasteiger partial charge on any atom is -0.341 e. The van der Waals surface area contributed by atoms with E-state index in [4.69, 9.17) is 0 Å². The molecular weight excluding hydrogens is 312 g/mol. The van der Waals surface area contributed by atoms with Crippen LogP contribution in [-0.4, -0.2) is 92.5 Å². The quantitative estimate of drug-likeness (QED) is 0.809. The summed E-state index contributed by atoms with van der Waals surface area (Å²) in [5.74, 6) is 0.752. The van der Waals surface area contributed by atoms with E-state index in [1.165, 1.54) is 12.0 Å². The predicted octanol–water partition coefficient (Wildman–Crippen LogP) is 1.46. The Kier molecular flexibility index (Phi) is 6.10. The molecule has 2 heterocycles. The van der Waals surface area contributed by atoms with Crippen molar-refractivity contribution in [2.24, 2.45) is 5.92 Å². The molecule has 138 valence electrons. The predicted molar refractivity (Wildman–Crippen MR) is 102 cm³/mol. The Morgan fingerprint density at radius 2 is 1.88 bits per heavy atom. The number of carbonyl (C=O) groups excluding carboxylic acids is 1. The van der Waals surface area contributed by atoms with Gasteiger partial charge in [-0.1, -0.05) is 12.1 Å². The molecule has 1 amide bonds. The van der Waals surface area contributed by atoms with Crippen molar-refractivity contribution in [1.82, 2.24) is 19.6 Å². The smallest absolute Gasteiger partial charge is 0.253 e. The van der Waals surface area contributed by atoms with Crippen LogP contribution in [-0.2, 0) is 6.54 Å². The summed E-state index contributed by atoms with van der Waals surface area (Å²) in [6, 6.07) is 8.20. The van der Waals surface area contributed by atoms with E-state index < -0.39 is 0 Å². The number of piperazine rings is 1. The Balaban J connectivity index is 1.57. The van der Waals surface area contributed by atoms with E-state index in [0.717, 1.165) is 57.9 Å². The van der Waals surface area contributed by atoms with Gasteiger partial charge in [-0.25, -0.2) is 0 Å². The molecule has 0 aromatic heterocycles. The highest BCUT2D eigenvalue weighted by Gasteiger charge is 2.23. The lowest BCUT2D eigenvalue weighted by Crippen LogP contribution is -2.43. The molecule has 1 atom stereocenters. The van der Waals surface area contributed by atoms with Gasteiger partial charge in [-0.15, -0.1) is 0 Å². The second-order valence-electron chi connectivity index (χ2n) is 7.88. The van der Waals surface area contributed by atoms with Crippen molar-refractivity contribution in [3.63, 3.8) is 0 Å². The summed E-state index contributed by atoms with van der Waals surface area (Å²) in [5, 5.41) is 0. The zero-order valence-electron chi connectivity index (χ0n) is 15.9. The van der Waals surface area contributed by atoms with Gasteiger partial charge in [0.15, 0.2) is 0 Å². The first-order valence-corrected chi connectivity index (χ1v) is 9.45. The van der Waals surface area contributed by atoms with Crippen molar-refractivity contribution in [2.45, 2.75) is 13.0 Å². The molecule has 0 aliphatic carbocycles. The maximum Gasteiger partial charge on any atom is 0.253 e. The fourth-order valence-electron chi connectivity index (χ4n) is 3.93. The molecule has 0 saturated carbocycles. The number of hydrogen-bond donors (Lipinski definition) is 0. The van der Waals surface area contributed by atoms with Crippen LogP contribution in [0.15, 0.2) is 24.3 Å². The Bertz CT molecular complexity index is 583. The monoisotopic (exact) mass is 344 g/mol. The van der Waals surface area contributed by atoms with E-state index in [1.54, 1.807) is 0 Å². The van der Waals surface area contributed by atoms with Crippen LogP contribution in [0, 0.1) is 5.92 Å². The molecular formula is C20H32N4O. The minimum absolute atomic E-state index is 0.148. The van der Waals surface area contributed by atoms with Crippen molar-refractivity contribution in [1.29, 1.82) is 0 Å². The van der Waals surface area contributed by atoms with E-state index in [-0.39, 0.29) is 5.91 Å². The van der Waals surface area contributed by atoms with Crippen LogP contribution in [0.1, 0.15) is 22.3 Å². The summed E-state index contributed by atoms with van der Waals surface area (Å²) in [5.41, 5.74) is 2.06. The third kappa shape index (κ3) is 5.03. The molecule has 5 heteroatoms. The van der Waals surface area contributed by atoms with Gasteiger partial charge in [-0.3, -0.25) is 9.69 Å². The highest BCUT2D eigenvalue weighted by molar-refractivity contribution is 5.94. The number of benzene rings is 1. The Morgan fingerprint density at radius 3 is 2.56 bits per heavy atom. The highest BCUT2D eigenvalue weighted by atomic mass is 16.2. The van der Waals surface area contributed by atoms with Gasteiger partial charge >= 0.3 is 0 Å². The zero-order valence-corrected chi connectivity index (χ0v) is 15.9. The first-order chi connectivity index (χ1) is 12.0. The van der Waals surface area contributed by atoms with Gasteiger partial charge in [-0.05, 0) is 50.7 Å². The normalized spacial score (nSPS) is 23.1. The van der Waals surface area contributed by atoms with Gasteiger partial charge in [0.2, 0.25) is 0 Å². The van der Waals surface area contributed by atoms with E-state index in [0.29, 0.717) is 5.92 Å². The number of nitrogens with zero attached hydrogens (tertiary/aromatic N) is 4. The van der Waals surface area contributed by atoms with Crippen molar-refractivity contribution in [3.05, 3.63) is 35.4 Å². The van der Waals surface area contributed by atoms with Crippen molar-refractivity contribution in [2.75, 3.05) is 67.0 Å². The summed E-state index contributed by atoms with van der Waals surface area (Å²) in [6.07, 6.45) is 1.19. The topological polar surface area (TPSA) is 30.0 Å². The van der Waals surface area contributed by atoms with Crippen molar-refractivity contribution in [3.8, 4) is 0 Å². The summed E-state index contributed by atoms with van der Waals surface area (Å²) in [4.78, 5) is 21.9. The third-order valence-electron chi connectivity index (χ3n) is 5.54. The van der Waals surface area contributed by atoms with Gasteiger partial charge in [0, 0.05) is 58.4 Å². The maximum atomic E-state index is 12.8. The van der Waals surface area contributed by atoms with Gasteiger partial charge in [0.1, 0.15) is 0 Å². The van der Waals surface area contributed by atoms with Crippen LogP contribution in [0.3, 0.4) is 0 Å². The molecule has 5 nitrogen and oxygen atoms in total. The zero-order chi connectivity index (χ0) is 17.8. The molecule has 0 spiro atoms. The van der Waals surface area contributed by atoms with E-state index >= 15 is 0 Å². The first-order valence-electron chi connectivity index (χ1n) is 9.45. The summed E-state index contributed by atoms with van der Waals surface area (Å²) >= 11 is 0. The molecule has 2 saturated heterocycles. The Morgan fingerprint density at radius 1 is 1.12 bits per heavy atom. The fraction of sp³-hybridized carbons (Fsp3) is 0.650. The molecule has 1 aromatic carbocycles. The van der Waals surface area contributed by atoms with Gasteiger partial charge < -0.3 is 14.7 Å². The molecule has 0 N–H and O–H groups in total. The van der Waals surface area contributed by atoms with Crippen LogP contribution in [0.4, 0.5) is 0 Å². The molecule has 0 bridgehead atoms. The van der Waals surface area contributed by atoms with Crippen LogP contribution < -0.4 is 0 Å². The second kappa shape index (κ2) is 8.30. The lowest BCUT2D eigenvalue weighted by Gasteiger charge is -2.32. The van der Waals surface area contributed by atoms with Crippen molar-refractivity contribution < 1.29 is 4.79 Å².